The molecule has 0 bridgehead atoms. The fourth-order valence-corrected chi connectivity index (χ4v) is 3.17. The van der Waals surface area contributed by atoms with Crippen molar-refractivity contribution in [2.45, 2.75) is 52.1 Å². The number of rotatable bonds is 5. The van der Waals surface area contributed by atoms with Gasteiger partial charge in [0, 0.05) is 13.6 Å². The van der Waals surface area contributed by atoms with Crippen LogP contribution >= 0.6 is 0 Å². The molecule has 1 amide bonds. The van der Waals surface area contributed by atoms with Gasteiger partial charge in [-0.15, -0.1) is 0 Å². The summed E-state index contributed by atoms with van der Waals surface area (Å²) >= 11 is 0. The molecule has 0 aromatic carbocycles. The number of carbonyl (C=O) groups excluding carboxylic acids is 1. The minimum absolute atomic E-state index is 0.0678. The molecule has 1 N–H and O–H groups in total. The van der Waals surface area contributed by atoms with Gasteiger partial charge >= 0.3 is 0 Å². The topological polar surface area (TPSA) is 77.6 Å². The summed E-state index contributed by atoms with van der Waals surface area (Å²) in [7, 11) is 1.85. The summed E-state index contributed by atoms with van der Waals surface area (Å²) in [5, 5.41) is 11.6. The first-order valence-corrected chi connectivity index (χ1v) is 8.25. The van der Waals surface area contributed by atoms with Crippen molar-refractivity contribution in [3.05, 3.63) is 29.6 Å². The first-order chi connectivity index (χ1) is 11.1. The second-order valence-corrected chi connectivity index (χ2v) is 6.58. The Labute approximate surface area is 136 Å². The Kier molecular flexibility index (Phi) is 4.45. The van der Waals surface area contributed by atoms with E-state index in [1.54, 1.807) is 10.9 Å². The third-order valence-electron chi connectivity index (χ3n) is 4.30. The summed E-state index contributed by atoms with van der Waals surface area (Å²) in [5.74, 6) is 1.16. The van der Waals surface area contributed by atoms with E-state index >= 15 is 0 Å². The lowest BCUT2D eigenvalue weighted by atomic mass is 10.0. The fourth-order valence-electron chi connectivity index (χ4n) is 3.17. The molecule has 0 spiro atoms. The van der Waals surface area contributed by atoms with E-state index in [-0.39, 0.29) is 11.9 Å². The van der Waals surface area contributed by atoms with Crippen molar-refractivity contribution in [2.75, 3.05) is 0 Å². The summed E-state index contributed by atoms with van der Waals surface area (Å²) in [6, 6.07) is -0.144. The number of aryl methyl sites for hydroxylation is 2. The molecule has 0 saturated carbocycles. The second kappa shape index (κ2) is 6.52. The van der Waals surface area contributed by atoms with Gasteiger partial charge in [-0.25, -0.2) is 4.98 Å². The Hall–Kier alpha value is -2.18. The predicted molar refractivity (Wildman–Crippen MR) is 85.8 cm³/mol. The normalized spacial score (nSPS) is 15.5. The van der Waals surface area contributed by atoms with Crippen LogP contribution in [0.15, 0.2) is 12.5 Å². The third-order valence-corrected chi connectivity index (χ3v) is 4.30. The molecule has 2 aromatic heterocycles. The SMILES string of the molecule is CC(C)C[C@H](NC(=O)c1cnn2c1CCCC2)c1ncnn1C. The van der Waals surface area contributed by atoms with Crippen molar-refractivity contribution in [1.29, 1.82) is 0 Å². The van der Waals surface area contributed by atoms with Gasteiger partial charge in [-0.05, 0) is 31.6 Å². The molecular formula is C16H24N6O. The van der Waals surface area contributed by atoms with Crippen molar-refractivity contribution >= 4 is 5.91 Å². The number of fused-ring (bicyclic) bond motifs is 1. The molecule has 0 saturated heterocycles. The molecule has 1 aliphatic heterocycles. The Morgan fingerprint density at radius 1 is 1.35 bits per heavy atom. The molecular weight excluding hydrogens is 292 g/mol. The lowest BCUT2D eigenvalue weighted by Gasteiger charge is -2.20. The summed E-state index contributed by atoms with van der Waals surface area (Å²) in [5.41, 5.74) is 1.75. The average molecular weight is 316 g/mol. The standard InChI is InChI=1S/C16H24N6O/c1-11(2)8-13(15-17-10-19-21(15)3)20-16(23)12-9-18-22-7-5-4-6-14(12)22/h9-11,13H,4-8H2,1-3H3,(H,20,23)/t13-/m0/s1. The van der Waals surface area contributed by atoms with E-state index in [4.69, 9.17) is 0 Å². The Morgan fingerprint density at radius 2 is 2.17 bits per heavy atom. The number of hydrogen-bond acceptors (Lipinski definition) is 4. The van der Waals surface area contributed by atoms with E-state index in [9.17, 15) is 4.79 Å². The van der Waals surface area contributed by atoms with Crippen molar-refractivity contribution < 1.29 is 4.79 Å². The van der Waals surface area contributed by atoms with Crippen LogP contribution in [0.25, 0.3) is 0 Å². The fraction of sp³-hybridized carbons (Fsp3) is 0.625. The highest BCUT2D eigenvalue weighted by Gasteiger charge is 2.25. The van der Waals surface area contributed by atoms with Crippen LogP contribution in [0.4, 0.5) is 0 Å². The molecule has 2 aromatic rings. The zero-order chi connectivity index (χ0) is 16.4. The summed E-state index contributed by atoms with van der Waals surface area (Å²) in [4.78, 5) is 17.1. The number of carbonyl (C=O) groups is 1. The van der Waals surface area contributed by atoms with Crippen LogP contribution in [0.1, 0.15) is 61.0 Å². The second-order valence-electron chi connectivity index (χ2n) is 6.58. The number of hydrogen-bond donors (Lipinski definition) is 1. The van der Waals surface area contributed by atoms with E-state index in [0.29, 0.717) is 11.5 Å². The molecule has 0 fully saturated rings. The number of aromatic nitrogens is 5. The van der Waals surface area contributed by atoms with Gasteiger partial charge in [0.25, 0.3) is 5.91 Å². The van der Waals surface area contributed by atoms with Crippen LogP contribution in [0, 0.1) is 5.92 Å². The van der Waals surface area contributed by atoms with Crippen LogP contribution in [0.2, 0.25) is 0 Å². The van der Waals surface area contributed by atoms with Crippen molar-refractivity contribution in [2.24, 2.45) is 13.0 Å². The Morgan fingerprint density at radius 3 is 2.87 bits per heavy atom. The van der Waals surface area contributed by atoms with E-state index in [1.165, 1.54) is 6.33 Å². The Balaban J connectivity index is 1.81. The Bertz CT molecular complexity index is 687. The lowest BCUT2D eigenvalue weighted by Crippen LogP contribution is -2.32. The average Bonchev–Trinajstić information content (AvgIpc) is 3.12. The van der Waals surface area contributed by atoms with Gasteiger partial charge in [0.1, 0.15) is 12.2 Å². The largest absolute Gasteiger partial charge is 0.342 e. The highest BCUT2D eigenvalue weighted by atomic mass is 16.1. The van der Waals surface area contributed by atoms with Crippen LogP contribution in [-0.4, -0.2) is 30.5 Å². The summed E-state index contributed by atoms with van der Waals surface area (Å²) < 4.78 is 3.68. The van der Waals surface area contributed by atoms with E-state index < -0.39 is 0 Å². The zero-order valence-electron chi connectivity index (χ0n) is 14.0. The van der Waals surface area contributed by atoms with Gasteiger partial charge in [0.2, 0.25) is 0 Å². The van der Waals surface area contributed by atoms with E-state index in [2.05, 4.69) is 34.3 Å². The molecule has 7 heteroatoms. The van der Waals surface area contributed by atoms with Gasteiger partial charge in [0.15, 0.2) is 0 Å². The quantitative estimate of drug-likeness (QED) is 0.913. The van der Waals surface area contributed by atoms with Gasteiger partial charge < -0.3 is 5.32 Å². The molecule has 7 nitrogen and oxygen atoms in total. The molecule has 3 heterocycles. The highest BCUT2D eigenvalue weighted by Crippen LogP contribution is 2.22. The molecule has 0 radical (unpaired) electrons. The molecule has 1 aliphatic rings. The number of nitrogens with one attached hydrogen (secondary N) is 1. The van der Waals surface area contributed by atoms with Crippen molar-refractivity contribution in [1.82, 2.24) is 29.9 Å². The van der Waals surface area contributed by atoms with Gasteiger partial charge in [-0.1, -0.05) is 13.8 Å². The van der Waals surface area contributed by atoms with Crippen LogP contribution < -0.4 is 5.32 Å². The maximum absolute atomic E-state index is 12.8. The molecule has 23 heavy (non-hydrogen) atoms. The van der Waals surface area contributed by atoms with Crippen molar-refractivity contribution in [3.63, 3.8) is 0 Å². The van der Waals surface area contributed by atoms with Gasteiger partial charge in [-0.2, -0.15) is 10.2 Å². The summed E-state index contributed by atoms with van der Waals surface area (Å²) in [6.07, 6.45) is 7.20. The zero-order valence-corrected chi connectivity index (χ0v) is 14.0. The number of amides is 1. The summed E-state index contributed by atoms with van der Waals surface area (Å²) in [6.45, 7) is 5.18. The molecule has 0 aliphatic carbocycles. The van der Waals surface area contributed by atoms with Crippen LogP contribution in [0.3, 0.4) is 0 Å². The lowest BCUT2D eigenvalue weighted by molar-refractivity contribution is 0.0927. The maximum atomic E-state index is 12.8. The van der Waals surface area contributed by atoms with Crippen LogP contribution in [-0.2, 0) is 20.0 Å². The van der Waals surface area contributed by atoms with Crippen LogP contribution in [0.5, 0.6) is 0 Å². The maximum Gasteiger partial charge on any atom is 0.255 e. The molecule has 0 unspecified atom stereocenters. The van der Waals surface area contributed by atoms with Gasteiger partial charge in [0.05, 0.1) is 23.5 Å². The minimum atomic E-state index is -0.144. The van der Waals surface area contributed by atoms with Crippen molar-refractivity contribution in [3.8, 4) is 0 Å². The molecule has 3 rings (SSSR count). The third kappa shape index (κ3) is 3.28. The van der Waals surface area contributed by atoms with Gasteiger partial charge in [-0.3, -0.25) is 14.2 Å². The minimum Gasteiger partial charge on any atom is -0.342 e. The van der Waals surface area contributed by atoms with E-state index in [0.717, 1.165) is 43.7 Å². The highest BCUT2D eigenvalue weighted by molar-refractivity contribution is 5.95. The van der Waals surface area contributed by atoms with E-state index in [1.807, 2.05) is 11.7 Å². The first kappa shape index (κ1) is 15.7. The molecule has 124 valence electrons. The molecule has 1 atom stereocenters. The first-order valence-electron chi connectivity index (χ1n) is 8.25. The monoisotopic (exact) mass is 316 g/mol. The smallest absolute Gasteiger partial charge is 0.255 e. The predicted octanol–water partition coefficient (Wildman–Crippen LogP) is 1.87. The number of nitrogens with zero attached hydrogens (tertiary/aromatic N) is 5.